The van der Waals surface area contributed by atoms with Gasteiger partial charge in [-0.3, -0.25) is 0 Å². The standard InChI is InChI=1S/C25H24ClN3O3S3/c26-20-5-3-19(4-6-20)11-12-29-23(24-2-1-17-33-24)18-34-25(29)27-21-7-9-22(10-8-21)35(30,31)28-13-15-32-16-14-28/h1-10,17-18H,11-16H2. The largest absolute Gasteiger partial charge is 0.379 e. The monoisotopic (exact) mass is 545 g/mol. The fourth-order valence-corrected chi connectivity index (χ4v) is 7.19. The van der Waals surface area contributed by atoms with Crippen molar-refractivity contribution in [3.05, 3.63) is 86.8 Å². The van der Waals surface area contributed by atoms with Gasteiger partial charge in [-0.05, 0) is 59.8 Å². The van der Waals surface area contributed by atoms with Gasteiger partial charge < -0.3 is 9.30 Å². The number of aromatic nitrogens is 1. The van der Waals surface area contributed by atoms with E-state index in [1.807, 2.05) is 30.3 Å². The van der Waals surface area contributed by atoms with Gasteiger partial charge >= 0.3 is 0 Å². The quantitative estimate of drug-likeness (QED) is 0.311. The molecule has 2 aromatic heterocycles. The number of hydrogen-bond acceptors (Lipinski definition) is 6. The van der Waals surface area contributed by atoms with Crippen LogP contribution in [0, 0.1) is 0 Å². The number of rotatable bonds is 7. The molecular formula is C25H24ClN3O3S3. The van der Waals surface area contributed by atoms with E-state index >= 15 is 0 Å². The first kappa shape index (κ1) is 24.4. The number of ether oxygens (including phenoxy) is 1. The van der Waals surface area contributed by atoms with Crippen molar-refractivity contribution >= 4 is 50.0 Å². The number of halogens is 1. The summed E-state index contributed by atoms with van der Waals surface area (Å²) < 4.78 is 34.8. The number of thiophene rings is 1. The molecule has 5 rings (SSSR count). The van der Waals surface area contributed by atoms with E-state index in [2.05, 4.69) is 21.4 Å². The molecule has 2 aromatic carbocycles. The Kier molecular flexibility index (Phi) is 7.52. The van der Waals surface area contributed by atoms with Gasteiger partial charge in [-0.1, -0.05) is 29.8 Å². The fraction of sp³-hybridized carbons (Fsp3) is 0.240. The zero-order valence-corrected chi connectivity index (χ0v) is 22.0. The normalized spacial score (nSPS) is 15.5. The molecule has 1 fully saturated rings. The second-order valence-electron chi connectivity index (χ2n) is 8.03. The van der Waals surface area contributed by atoms with Gasteiger partial charge in [0.25, 0.3) is 0 Å². The van der Waals surface area contributed by atoms with Gasteiger partial charge in [0.2, 0.25) is 10.0 Å². The summed E-state index contributed by atoms with van der Waals surface area (Å²) in [6, 6.07) is 18.9. The van der Waals surface area contributed by atoms with E-state index in [0.29, 0.717) is 32.0 Å². The van der Waals surface area contributed by atoms with Gasteiger partial charge in [0, 0.05) is 30.0 Å². The molecule has 1 aliphatic heterocycles. The van der Waals surface area contributed by atoms with E-state index in [1.54, 1.807) is 46.9 Å². The molecule has 182 valence electrons. The molecule has 35 heavy (non-hydrogen) atoms. The number of sulfonamides is 1. The predicted octanol–water partition coefficient (Wildman–Crippen LogP) is 5.43. The van der Waals surface area contributed by atoms with Crippen LogP contribution in [0.25, 0.3) is 10.6 Å². The Morgan fingerprint density at radius 1 is 0.971 bits per heavy atom. The lowest BCUT2D eigenvalue weighted by atomic mass is 10.1. The lowest BCUT2D eigenvalue weighted by molar-refractivity contribution is 0.0730. The molecule has 0 spiro atoms. The topological polar surface area (TPSA) is 63.9 Å². The smallest absolute Gasteiger partial charge is 0.243 e. The van der Waals surface area contributed by atoms with Crippen LogP contribution >= 0.6 is 34.3 Å². The summed E-state index contributed by atoms with van der Waals surface area (Å²) in [7, 11) is -3.53. The van der Waals surface area contributed by atoms with E-state index in [9.17, 15) is 8.42 Å². The van der Waals surface area contributed by atoms with Gasteiger partial charge in [0.1, 0.15) is 0 Å². The summed E-state index contributed by atoms with van der Waals surface area (Å²) in [6.07, 6.45) is 0.843. The van der Waals surface area contributed by atoms with Gasteiger partial charge in [-0.15, -0.1) is 22.7 Å². The number of nitrogens with zero attached hydrogens (tertiary/aromatic N) is 3. The summed E-state index contributed by atoms with van der Waals surface area (Å²) in [4.78, 5) is 7.20. The summed E-state index contributed by atoms with van der Waals surface area (Å²) >= 11 is 9.32. The van der Waals surface area contributed by atoms with Crippen LogP contribution in [-0.2, 0) is 27.7 Å². The summed E-state index contributed by atoms with van der Waals surface area (Å²) in [5.74, 6) is 0. The number of morpholine rings is 1. The maximum atomic E-state index is 12.9. The van der Waals surface area contributed by atoms with Gasteiger partial charge in [-0.25, -0.2) is 13.4 Å². The highest BCUT2D eigenvalue weighted by Gasteiger charge is 2.26. The van der Waals surface area contributed by atoms with Crippen LogP contribution < -0.4 is 4.80 Å². The Bertz CT molecular complexity index is 1440. The highest BCUT2D eigenvalue weighted by molar-refractivity contribution is 7.89. The van der Waals surface area contributed by atoms with Crippen molar-refractivity contribution in [3.8, 4) is 10.6 Å². The Morgan fingerprint density at radius 2 is 1.71 bits per heavy atom. The van der Waals surface area contributed by atoms with E-state index < -0.39 is 10.0 Å². The minimum absolute atomic E-state index is 0.277. The first-order chi connectivity index (χ1) is 17.0. The molecule has 4 aromatic rings. The lowest BCUT2D eigenvalue weighted by Gasteiger charge is -2.26. The molecule has 1 saturated heterocycles. The van der Waals surface area contributed by atoms with Crippen LogP contribution in [0.2, 0.25) is 5.02 Å². The molecule has 3 heterocycles. The summed E-state index contributed by atoms with van der Waals surface area (Å²) in [5, 5.41) is 4.93. The molecule has 0 amide bonds. The first-order valence-corrected chi connectivity index (χ1v) is 14.8. The molecule has 0 saturated carbocycles. The third-order valence-electron chi connectivity index (χ3n) is 5.78. The summed E-state index contributed by atoms with van der Waals surface area (Å²) in [5.41, 5.74) is 3.05. The van der Waals surface area contributed by atoms with Crippen molar-refractivity contribution < 1.29 is 13.2 Å². The molecule has 0 aliphatic carbocycles. The van der Waals surface area contributed by atoms with Gasteiger partial charge in [0.05, 0.1) is 34.4 Å². The Labute approximate surface area is 217 Å². The molecule has 0 atom stereocenters. The van der Waals surface area contributed by atoms with Crippen LogP contribution in [0.5, 0.6) is 0 Å². The molecule has 1 aliphatic rings. The zero-order valence-electron chi connectivity index (χ0n) is 18.8. The molecular weight excluding hydrogens is 522 g/mol. The highest BCUT2D eigenvalue weighted by Crippen LogP contribution is 2.26. The molecule has 6 nitrogen and oxygen atoms in total. The number of aryl methyl sites for hydroxylation is 1. The second kappa shape index (κ2) is 10.8. The Morgan fingerprint density at radius 3 is 2.40 bits per heavy atom. The number of hydrogen-bond donors (Lipinski definition) is 0. The van der Waals surface area contributed by atoms with Gasteiger partial charge in [-0.2, -0.15) is 4.31 Å². The van der Waals surface area contributed by atoms with E-state index in [-0.39, 0.29) is 4.90 Å². The zero-order chi connectivity index (χ0) is 24.3. The van der Waals surface area contributed by atoms with Gasteiger partial charge in [0.15, 0.2) is 4.80 Å². The van der Waals surface area contributed by atoms with Crippen molar-refractivity contribution in [2.24, 2.45) is 4.99 Å². The van der Waals surface area contributed by atoms with Crippen LogP contribution in [-0.4, -0.2) is 43.6 Å². The molecule has 10 heteroatoms. The Balaban J connectivity index is 1.44. The van der Waals surface area contributed by atoms with Crippen LogP contribution in [0.3, 0.4) is 0 Å². The predicted molar refractivity (Wildman–Crippen MR) is 142 cm³/mol. The molecule has 0 bridgehead atoms. The minimum Gasteiger partial charge on any atom is -0.379 e. The average Bonchev–Trinajstić information content (AvgIpc) is 3.55. The van der Waals surface area contributed by atoms with Crippen molar-refractivity contribution in [3.63, 3.8) is 0 Å². The molecule has 0 radical (unpaired) electrons. The van der Waals surface area contributed by atoms with E-state index in [1.165, 1.54) is 14.7 Å². The first-order valence-electron chi connectivity index (χ1n) is 11.2. The number of thiazole rings is 1. The average molecular weight is 546 g/mol. The Hall–Kier alpha value is -2.27. The van der Waals surface area contributed by atoms with Crippen LogP contribution in [0.1, 0.15) is 5.56 Å². The van der Waals surface area contributed by atoms with Crippen molar-refractivity contribution in [1.82, 2.24) is 8.87 Å². The van der Waals surface area contributed by atoms with Crippen LogP contribution in [0.15, 0.2) is 81.3 Å². The van der Waals surface area contributed by atoms with Crippen molar-refractivity contribution in [1.29, 1.82) is 0 Å². The third kappa shape index (κ3) is 5.61. The van der Waals surface area contributed by atoms with Crippen molar-refractivity contribution in [2.75, 3.05) is 26.3 Å². The maximum absolute atomic E-state index is 12.9. The summed E-state index contributed by atoms with van der Waals surface area (Å²) in [6.45, 7) is 2.37. The maximum Gasteiger partial charge on any atom is 0.243 e. The molecule has 0 N–H and O–H groups in total. The van der Waals surface area contributed by atoms with Crippen LogP contribution in [0.4, 0.5) is 5.69 Å². The molecule has 0 unspecified atom stereocenters. The lowest BCUT2D eigenvalue weighted by Crippen LogP contribution is -2.40. The fourth-order valence-electron chi connectivity index (χ4n) is 3.89. The van der Waals surface area contributed by atoms with Crippen molar-refractivity contribution in [2.45, 2.75) is 17.9 Å². The third-order valence-corrected chi connectivity index (χ3v) is 9.70. The number of benzene rings is 2. The second-order valence-corrected chi connectivity index (χ2v) is 12.2. The van der Waals surface area contributed by atoms with E-state index in [4.69, 9.17) is 21.3 Å². The van der Waals surface area contributed by atoms with E-state index in [0.717, 1.165) is 28.5 Å². The highest BCUT2D eigenvalue weighted by atomic mass is 35.5. The minimum atomic E-state index is -3.53. The SMILES string of the molecule is O=S(=O)(c1ccc(N=c2scc(-c3cccs3)n2CCc2ccc(Cl)cc2)cc1)N1CCOCC1.